The van der Waals surface area contributed by atoms with Gasteiger partial charge in [0.25, 0.3) is 8.32 Å². The lowest BCUT2D eigenvalue weighted by Gasteiger charge is -2.43. The van der Waals surface area contributed by atoms with Crippen molar-refractivity contribution in [2.24, 2.45) is 0 Å². The average molecular weight is 469 g/mol. The van der Waals surface area contributed by atoms with E-state index in [1.165, 1.54) is 35.7 Å². The number of rotatable bonds is 10. The van der Waals surface area contributed by atoms with E-state index in [0.29, 0.717) is 17.9 Å². The van der Waals surface area contributed by atoms with E-state index in [2.05, 4.69) is 45.0 Å². The fraction of sp³-hybridized carbons (Fsp3) is 0.333. The Morgan fingerprint density at radius 3 is 1.94 bits per heavy atom. The third kappa shape index (κ3) is 5.53. The highest BCUT2D eigenvalue weighted by molar-refractivity contribution is 6.99. The first-order chi connectivity index (χ1) is 15.8. The lowest BCUT2D eigenvalue weighted by Crippen LogP contribution is -2.66. The maximum absolute atomic E-state index is 13.8. The minimum atomic E-state index is -2.66. The lowest BCUT2D eigenvalue weighted by atomic mass is 10.1. The highest BCUT2D eigenvalue weighted by Gasteiger charge is 2.50. The maximum atomic E-state index is 13.8. The van der Waals surface area contributed by atoms with Crippen molar-refractivity contribution < 1.29 is 23.4 Å². The molecule has 0 unspecified atom stereocenters. The summed E-state index contributed by atoms with van der Waals surface area (Å²) >= 11 is 0. The topological polar surface area (TPSA) is 47.9 Å². The van der Waals surface area contributed by atoms with Crippen molar-refractivity contribution >= 4 is 18.7 Å². The van der Waals surface area contributed by atoms with Gasteiger partial charge >= 0.3 is 0 Å². The Bertz CT molecular complexity index is 966. The first-order valence-corrected chi connectivity index (χ1v) is 13.0. The number of aliphatic hydroxyl groups excluding tert-OH is 1. The zero-order valence-electron chi connectivity index (χ0n) is 19.8. The lowest BCUT2D eigenvalue weighted by molar-refractivity contribution is -0.00375. The Morgan fingerprint density at radius 2 is 1.45 bits per heavy atom. The smallest absolute Gasteiger partial charge is 0.261 e. The van der Waals surface area contributed by atoms with Gasteiger partial charge in [-0.25, -0.2) is 4.39 Å². The molecule has 4 nitrogen and oxygen atoms in total. The summed E-state index contributed by atoms with van der Waals surface area (Å²) in [6.45, 7) is 6.94. The van der Waals surface area contributed by atoms with E-state index in [1.807, 2.05) is 36.4 Å². The molecule has 0 aliphatic heterocycles. The molecule has 0 fully saturated rings. The van der Waals surface area contributed by atoms with Gasteiger partial charge in [-0.1, -0.05) is 81.4 Å². The monoisotopic (exact) mass is 468 g/mol. The Balaban J connectivity index is 1.84. The Morgan fingerprint density at radius 1 is 0.879 bits per heavy atom. The van der Waals surface area contributed by atoms with Crippen LogP contribution in [0.4, 0.5) is 4.39 Å². The minimum absolute atomic E-state index is 0.141. The molecule has 0 aliphatic carbocycles. The second-order valence-electron chi connectivity index (χ2n) is 8.94. The number of methoxy groups -OCH3 is 1. The van der Waals surface area contributed by atoms with Gasteiger partial charge in [0.1, 0.15) is 17.7 Å². The number of benzene rings is 3. The normalized spacial score (nSPS) is 13.0. The first kappa shape index (κ1) is 25.1. The number of aliphatic hydroxyl groups is 1. The summed E-state index contributed by atoms with van der Waals surface area (Å²) in [5, 5.41) is 12.1. The van der Waals surface area contributed by atoms with E-state index in [0.717, 1.165) is 0 Å². The van der Waals surface area contributed by atoms with Gasteiger partial charge in [-0.2, -0.15) is 0 Å². The molecule has 0 amide bonds. The Labute approximate surface area is 197 Å². The number of halogens is 1. The summed E-state index contributed by atoms with van der Waals surface area (Å²) < 4.78 is 31.9. The van der Waals surface area contributed by atoms with Crippen molar-refractivity contribution in [1.29, 1.82) is 0 Å². The van der Waals surface area contributed by atoms with Gasteiger partial charge in [0.05, 0.1) is 26.9 Å². The van der Waals surface area contributed by atoms with Gasteiger partial charge < -0.3 is 19.0 Å². The molecule has 0 saturated heterocycles. The van der Waals surface area contributed by atoms with E-state index in [-0.39, 0.29) is 18.3 Å². The second-order valence-corrected chi connectivity index (χ2v) is 13.2. The average Bonchev–Trinajstić information content (AvgIpc) is 2.82. The van der Waals surface area contributed by atoms with E-state index < -0.39 is 20.2 Å². The molecule has 0 spiro atoms. The summed E-state index contributed by atoms with van der Waals surface area (Å²) in [5.41, 5.74) is 0.477. The molecule has 0 aliphatic rings. The molecule has 33 heavy (non-hydrogen) atoms. The molecule has 1 N–H and O–H groups in total. The fourth-order valence-electron chi connectivity index (χ4n) is 4.34. The highest BCUT2D eigenvalue weighted by atomic mass is 28.4. The molecular weight excluding hydrogens is 435 g/mol. The molecule has 0 bridgehead atoms. The van der Waals surface area contributed by atoms with Crippen LogP contribution in [0.15, 0.2) is 78.9 Å². The van der Waals surface area contributed by atoms with Gasteiger partial charge in [0.15, 0.2) is 0 Å². The molecule has 176 valence electrons. The van der Waals surface area contributed by atoms with Gasteiger partial charge in [-0.3, -0.25) is 0 Å². The van der Waals surface area contributed by atoms with Crippen LogP contribution in [-0.4, -0.2) is 40.4 Å². The Kier molecular flexibility index (Phi) is 8.43. The van der Waals surface area contributed by atoms with Crippen LogP contribution >= 0.6 is 0 Å². The fourth-order valence-corrected chi connectivity index (χ4v) is 8.89. The van der Waals surface area contributed by atoms with Crippen LogP contribution in [0.25, 0.3) is 0 Å². The SMILES string of the molecule is COc1ccc(F)cc1[C@H](CO)OCCO[Si](c1ccccc1)(c1ccccc1)C(C)(C)C. The van der Waals surface area contributed by atoms with E-state index in [1.54, 1.807) is 0 Å². The van der Waals surface area contributed by atoms with E-state index in [9.17, 15) is 9.50 Å². The van der Waals surface area contributed by atoms with Crippen LogP contribution in [0.2, 0.25) is 5.04 Å². The summed E-state index contributed by atoms with van der Waals surface area (Å²) in [6, 6.07) is 25.0. The largest absolute Gasteiger partial charge is 0.496 e. The molecule has 6 heteroatoms. The van der Waals surface area contributed by atoms with Crippen LogP contribution < -0.4 is 15.1 Å². The summed E-state index contributed by atoms with van der Waals surface area (Å²) in [7, 11) is -1.15. The molecule has 3 aromatic rings. The number of ether oxygens (including phenoxy) is 2. The molecule has 0 radical (unpaired) electrons. The van der Waals surface area contributed by atoms with Crippen molar-refractivity contribution in [3.63, 3.8) is 0 Å². The van der Waals surface area contributed by atoms with Crippen molar-refractivity contribution in [3.8, 4) is 5.75 Å². The Hall–Kier alpha value is -2.51. The molecule has 3 rings (SSSR count). The highest BCUT2D eigenvalue weighted by Crippen LogP contribution is 2.37. The van der Waals surface area contributed by atoms with Crippen molar-refractivity contribution in [1.82, 2.24) is 0 Å². The van der Waals surface area contributed by atoms with E-state index in [4.69, 9.17) is 13.9 Å². The molecule has 0 heterocycles. The minimum Gasteiger partial charge on any atom is -0.496 e. The zero-order valence-corrected chi connectivity index (χ0v) is 20.8. The van der Waals surface area contributed by atoms with Crippen LogP contribution in [0.3, 0.4) is 0 Å². The molecule has 0 aromatic heterocycles. The number of hydrogen-bond acceptors (Lipinski definition) is 4. The summed E-state index contributed by atoms with van der Waals surface area (Å²) in [4.78, 5) is 0. The van der Waals surface area contributed by atoms with Gasteiger partial charge in [-0.15, -0.1) is 0 Å². The quantitative estimate of drug-likeness (QED) is 0.353. The van der Waals surface area contributed by atoms with Crippen LogP contribution in [0.5, 0.6) is 5.75 Å². The van der Waals surface area contributed by atoms with Crippen LogP contribution in [0.1, 0.15) is 32.4 Å². The predicted octanol–water partition coefficient (Wildman–Crippen LogP) is 4.46. The van der Waals surface area contributed by atoms with Gasteiger partial charge in [0, 0.05) is 5.56 Å². The molecule has 0 saturated carbocycles. The second kappa shape index (κ2) is 11.1. The van der Waals surface area contributed by atoms with Crippen molar-refractivity contribution in [3.05, 3.63) is 90.2 Å². The van der Waals surface area contributed by atoms with Crippen molar-refractivity contribution in [2.45, 2.75) is 31.9 Å². The predicted molar refractivity (Wildman–Crippen MR) is 132 cm³/mol. The maximum Gasteiger partial charge on any atom is 0.261 e. The van der Waals surface area contributed by atoms with Crippen molar-refractivity contribution in [2.75, 3.05) is 26.9 Å². The third-order valence-corrected chi connectivity index (χ3v) is 10.9. The summed E-state index contributed by atoms with van der Waals surface area (Å²) in [6.07, 6.45) is -0.710. The molecule has 3 aromatic carbocycles. The molecular formula is C27H33FO4Si. The third-order valence-electron chi connectivity index (χ3n) is 5.84. The van der Waals surface area contributed by atoms with Crippen LogP contribution in [-0.2, 0) is 9.16 Å². The molecule has 1 atom stereocenters. The first-order valence-electron chi connectivity index (χ1n) is 11.1. The van der Waals surface area contributed by atoms with Crippen LogP contribution in [0, 0.1) is 5.82 Å². The van der Waals surface area contributed by atoms with E-state index >= 15 is 0 Å². The standard InChI is InChI=1S/C27H33FO4Si/c1-27(2,3)33(22-11-7-5-8-12-22,23-13-9-6-10-14-23)32-18-17-31-26(20-29)24-19-21(28)15-16-25(24)30-4/h5-16,19,26,29H,17-18,20H2,1-4H3/t26-/m0/s1. The van der Waals surface area contributed by atoms with Gasteiger partial charge in [0.2, 0.25) is 0 Å². The van der Waals surface area contributed by atoms with Gasteiger partial charge in [-0.05, 0) is 33.6 Å². The number of hydrogen-bond donors (Lipinski definition) is 1. The zero-order chi connectivity index (χ0) is 23.9. The summed E-state index contributed by atoms with van der Waals surface area (Å²) in [5.74, 6) is 0.0692.